The Labute approximate surface area is 164 Å². The summed E-state index contributed by atoms with van der Waals surface area (Å²) in [5.41, 5.74) is 1.15. The summed E-state index contributed by atoms with van der Waals surface area (Å²) < 4.78 is 30.7. The lowest BCUT2D eigenvalue weighted by atomic mass is 10.0. The number of hydrogen-bond acceptors (Lipinski definition) is 4. The number of ether oxygens (including phenoxy) is 1. The summed E-state index contributed by atoms with van der Waals surface area (Å²) in [7, 11) is -1.86. The lowest BCUT2D eigenvalue weighted by Crippen LogP contribution is -2.29. The Hall–Kier alpha value is -1.27. The van der Waals surface area contributed by atoms with Gasteiger partial charge in [-0.2, -0.15) is 0 Å². The van der Waals surface area contributed by atoms with Crippen LogP contribution in [0.1, 0.15) is 24.4 Å². The molecule has 0 bridgehead atoms. The first-order chi connectivity index (χ1) is 12.4. The van der Waals surface area contributed by atoms with Crippen LogP contribution in [-0.2, 0) is 9.84 Å². The van der Waals surface area contributed by atoms with Crippen molar-refractivity contribution in [3.8, 4) is 5.75 Å². The molecule has 1 heterocycles. The van der Waals surface area contributed by atoms with Crippen molar-refractivity contribution < 1.29 is 13.2 Å². The Morgan fingerprint density at radius 1 is 1.19 bits per heavy atom. The van der Waals surface area contributed by atoms with E-state index in [-0.39, 0.29) is 21.7 Å². The highest BCUT2D eigenvalue weighted by Gasteiger charge is 2.28. The van der Waals surface area contributed by atoms with Gasteiger partial charge >= 0.3 is 0 Å². The summed E-state index contributed by atoms with van der Waals surface area (Å²) in [6.45, 7) is 1.33. The molecule has 1 fully saturated rings. The third-order valence-electron chi connectivity index (χ3n) is 4.72. The van der Waals surface area contributed by atoms with Gasteiger partial charge in [-0.1, -0.05) is 35.3 Å². The number of methoxy groups -OCH3 is 1. The SMILES string of the molecule is COc1cccc(C2CCCN2CCS(=O)(=O)c2cc(Cl)ccc2Cl)c1. The average molecular weight is 414 g/mol. The lowest BCUT2D eigenvalue weighted by Gasteiger charge is -2.25. The second kappa shape index (κ2) is 8.17. The zero-order chi connectivity index (χ0) is 18.7. The molecule has 1 unspecified atom stereocenters. The number of hydrogen-bond donors (Lipinski definition) is 0. The van der Waals surface area contributed by atoms with E-state index >= 15 is 0 Å². The lowest BCUT2D eigenvalue weighted by molar-refractivity contribution is 0.271. The van der Waals surface area contributed by atoms with E-state index in [4.69, 9.17) is 27.9 Å². The Morgan fingerprint density at radius 3 is 2.77 bits per heavy atom. The maximum Gasteiger partial charge on any atom is 0.181 e. The largest absolute Gasteiger partial charge is 0.497 e. The molecule has 1 atom stereocenters. The highest BCUT2D eigenvalue weighted by atomic mass is 35.5. The minimum Gasteiger partial charge on any atom is -0.497 e. The quantitative estimate of drug-likeness (QED) is 0.693. The summed E-state index contributed by atoms with van der Waals surface area (Å²) in [5, 5.41) is 0.573. The molecular formula is C19H21Cl2NO3S. The Bertz CT molecular complexity index is 886. The van der Waals surface area contributed by atoms with Crippen molar-refractivity contribution >= 4 is 33.0 Å². The zero-order valence-electron chi connectivity index (χ0n) is 14.5. The molecule has 2 aromatic rings. The van der Waals surface area contributed by atoms with Gasteiger partial charge in [0.15, 0.2) is 9.84 Å². The molecule has 0 radical (unpaired) electrons. The molecule has 0 saturated carbocycles. The van der Waals surface area contributed by atoms with Crippen molar-refractivity contribution in [2.45, 2.75) is 23.8 Å². The normalized spacial score (nSPS) is 18.2. The Balaban J connectivity index is 1.74. The molecule has 0 aliphatic carbocycles. The van der Waals surface area contributed by atoms with Crippen molar-refractivity contribution in [2.24, 2.45) is 0 Å². The van der Waals surface area contributed by atoms with Crippen LogP contribution in [0, 0.1) is 0 Å². The summed E-state index contributed by atoms with van der Waals surface area (Å²) in [6.07, 6.45) is 2.05. The van der Waals surface area contributed by atoms with Crippen LogP contribution >= 0.6 is 23.2 Å². The molecule has 3 rings (SSSR count). The van der Waals surface area contributed by atoms with E-state index in [1.165, 1.54) is 12.1 Å². The monoisotopic (exact) mass is 413 g/mol. The maximum absolute atomic E-state index is 12.7. The topological polar surface area (TPSA) is 46.6 Å². The summed E-state index contributed by atoms with van der Waals surface area (Å²) in [6, 6.07) is 12.7. The summed E-state index contributed by atoms with van der Waals surface area (Å²) in [5.74, 6) is 0.820. The second-order valence-electron chi connectivity index (χ2n) is 6.36. The van der Waals surface area contributed by atoms with Gasteiger partial charge in [0, 0.05) is 17.6 Å². The predicted molar refractivity (Wildman–Crippen MR) is 105 cm³/mol. The number of halogens is 2. The molecule has 1 aliphatic rings. The van der Waals surface area contributed by atoms with Crippen molar-refractivity contribution in [2.75, 3.05) is 26.0 Å². The number of sulfone groups is 1. The van der Waals surface area contributed by atoms with Gasteiger partial charge in [-0.3, -0.25) is 4.90 Å². The highest BCUT2D eigenvalue weighted by Crippen LogP contribution is 2.34. The van der Waals surface area contributed by atoms with Gasteiger partial charge in [0.05, 0.1) is 22.8 Å². The fraction of sp³-hybridized carbons (Fsp3) is 0.368. The fourth-order valence-corrected chi connectivity index (χ4v) is 5.46. The van der Waals surface area contributed by atoms with E-state index in [1.54, 1.807) is 13.2 Å². The van der Waals surface area contributed by atoms with Crippen LogP contribution in [0.25, 0.3) is 0 Å². The molecule has 7 heteroatoms. The molecule has 2 aromatic carbocycles. The van der Waals surface area contributed by atoms with Crippen molar-refractivity contribution in [1.29, 1.82) is 0 Å². The molecule has 1 aliphatic heterocycles. The molecule has 4 nitrogen and oxygen atoms in total. The van der Waals surface area contributed by atoms with Gasteiger partial charge in [0.1, 0.15) is 5.75 Å². The molecule has 0 amide bonds. The highest BCUT2D eigenvalue weighted by molar-refractivity contribution is 7.91. The first-order valence-corrected chi connectivity index (χ1v) is 10.9. The van der Waals surface area contributed by atoms with Crippen LogP contribution in [0.2, 0.25) is 10.0 Å². The molecule has 1 saturated heterocycles. The number of nitrogens with zero attached hydrogens (tertiary/aromatic N) is 1. The van der Waals surface area contributed by atoms with Crippen LogP contribution in [-0.4, -0.2) is 39.3 Å². The third-order valence-corrected chi connectivity index (χ3v) is 7.12. The fourth-order valence-electron chi connectivity index (χ4n) is 3.38. The van der Waals surface area contributed by atoms with E-state index in [2.05, 4.69) is 11.0 Å². The van der Waals surface area contributed by atoms with Gasteiger partial charge in [-0.25, -0.2) is 8.42 Å². The smallest absolute Gasteiger partial charge is 0.181 e. The van der Waals surface area contributed by atoms with Gasteiger partial charge in [0.25, 0.3) is 0 Å². The molecular weight excluding hydrogens is 393 g/mol. The van der Waals surface area contributed by atoms with Gasteiger partial charge in [-0.05, 0) is 55.3 Å². The van der Waals surface area contributed by atoms with Crippen molar-refractivity contribution in [3.05, 3.63) is 58.1 Å². The molecule has 0 spiro atoms. The van der Waals surface area contributed by atoms with E-state index in [0.717, 1.165) is 30.7 Å². The van der Waals surface area contributed by atoms with Crippen LogP contribution in [0.4, 0.5) is 0 Å². The van der Waals surface area contributed by atoms with E-state index in [1.807, 2.05) is 18.2 Å². The minimum atomic E-state index is -3.50. The molecule has 26 heavy (non-hydrogen) atoms. The van der Waals surface area contributed by atoms with Crippen LogP contribution in [0.3, 0.4) is 0 Å². The number of benzene rings is 2. The molecule has 140 valence electrons. The molecule has 0 aromatic heterocycles. The van der Waals surface area contributed by atoms with Gasteiger partial charge in [0.2, 0.25) is 0 Å². The summed E-state index contributed by atoms with van der Waals surface area (Å²) >= 11 is 12.0. The van der Waals surface area contributed by atoms with Crippen molar-refractivity contribution in [1.82, 2.24) is 4.90 Å². The Morgan fingerprint density at radius 2 is 2.00 bits per heavy atom. The van der Waals surface area contributed by atoms with Crippen LogP contribution < -0.4 is 4.74 Å². The predicted octanol–water partition coefficient (Wildman–Crippen LogP) is 4.61. The van der Waals surface area contributed by atoms with Crippen LogP contribution in [0.15, 0.2) is 47.4 Å². The van der Waals surface area contributed by atoms with Gasteiger partial charge in [-0.15, -0.1) is 0 Å². The number of rotatable bonds is 6. The van der Waals surface area contributed by atoms with Gasteiger partial charge < -0.3 is 4.74 Å². The van der Waals surface area contributed by atoms with E-state index in [0.29, 0.717) is 11.6 Å². The second-order valence-corrected chi connectivity index (χ2v) is 9.29. The summed E-state index contributed by atoms with van der Waals surface area (Å²) in [4.78, 5) is 2.31. The van der Waals surface area contributed by atoms with Crippen LogP contribution in [0.5, 0.6) is 5.75 Å². The van der Waals surface area contributed by atoms with E-state index in [9.17, 15) is 8.42 Å². The Kier molecular flexibility index (Phi) is 6.13. The van der Waals surface area contributed by atoms with Crippen molar-refractivity contribution in [3.63, 3.8) is 0 Å². The third kappa shape index (κ3) is 4.34. The average Bonchev–Trinajstić information content (AvgIpc) is 3.11. The first kappa shape index (κ1) is 19.5. The van der Waals surface area contributed by atoms with E-state index < -0.39 is 9.84 Å². The first-order valence-electron chi connectivity index (χ1n) is 8.46. The number of likely N-dealkylation sites (tertiary alicyclic amines) is 1. The minimum absolute atomic E-state index is 0.00747. The molecule has 0 N–H and O–H groups in total. The standard InChI is InChI=1S/C19H21Cl2NO3S/c1-25-16-5-2-4-14(12-16)18-6-3-9-22(18)10-11-26(23,24)19-13-15(20)7-8-17(19)21/h2,4-5,7-8,12-13,18H,3,6,9-11H2,1H3. The zero-order valence-corrected chi connectivity index (χ0v) is 16.8. The maximum atomic E-state index is 12.7.